The highest BCUT2D eigenvalue weighted by Gasteiger charge is 2.31. The van der Waals surface area contributed by atoms with Crippen molar-refractivity contribution in [3.63, 3.8) is 0 Å². The zero-order valence-electron chi connectivity index (χ0n) is 12.4. The van der Waals surface area contributed by atoms with Crippen LogP contribution in [0.4, 0.5) is 4.79 Å². The van der Waals surface area contributed by atoms with Crippen LogP contribution >= 0.6 is 11.3 Å². The third-order valence-electron chi connectivity index (χ3n) is 3.49. The fourth-order valence-electron chi connectivity index (χ4n) is 2.48. The highest BCUT2D eigenvalue weighted by molar-refractivity contribution is 7.09. The molecule has 2 atom stereocenters. The maximum atomic E-state index is 12.5. The molecule has 1 heterocycles. The Morgan fingerprint density at radius 3 is 2.50 bits per heavy atom. The monoisotopic (exact) mass is 318 g/mol. The summed E-state index contributed by atoms with van der Waals surface area (Å²) in [5.74, 6) is -0.368. The lowest BCUT2D eigenvalue weighted by atomic mass is 10.0. The van der Waals surface area contributed by atoms with Gasteiger partial charge in [-0.05, 0) is 18.4 Å². The summed E-state index contributed by atoms with van der Waals surface area (Å²) in [5, 5.41) is 4.24. The van der Waals surface area contributed by atoms with E-state index >= 15 is 0 Å². The Labute approximate surface area is 133 Å². The van der Waals surface area contributed by atoms with Gasteiger partial charge in [-0.1, -0.05) is 36.4 Å². The number of rotatable bonds is 6. The van der Waals surface area contributed by atoms with E-state index in [1.54, 1.807) is 11.3 Å². The second kappa shape index (κ2) is 7.72. The first-order chi connectivity index (χ1) is 10.6. The molecule has 116 valence electrons. The van der Waals surface area contributed by atoms with Crippen LogP contribution in [0.25, 0.3) is 0 Å². The topological polar surface area (TPSA) is 76.6 Å². The Hall–Kier alpha value is -2.18. The minimum absolute atomic E-state index is 0.368. The highest BCUT2D eigenvalue weighted by atomic mass is 32.1. The molecule has 1 aromatic heterocycles. The fourth-order valence-corrected chi connectivity index (χ4v) is 3.24. The quantitative estimate of drug-likeness (QED) is 0.746. The average Bonchev–Trinajstić information content (AvgIpc) is 3.00. The number of hydrogen-bond donors (Lipinski definition) is 3. The van der Waals surface area contributed by atoms with Crippen LogP contribution in [0, 0.1) is 0 Å². The maximum Gasteiger partial charge on any atom is 0.319 e. The van der Waals surface area contributed by atoms with Crippen molar-refractivity contribution in [1.29, 1.82) is 0 Å². The molecule has 0 saturated heterocycles. The van der Waals surface area contributed by atoms with E-state index in [1.807, 2.05) is 54.8 Å². The number of thiophene rings is 1. The predicted octanol–water partition coefficient (Wildman–Crippen LogP) is 1.09. The molecule has 5 nitrogen and oxygen atoms in total. The molecule has 0 aliphatic heterocycles. The molecule has 2 rings (SSSR count). The molecule has 2 aromatic rings. The van der Waals surface area contributed by atoms with Crippen LogP contribution in [-0.4, -0.2) is 18.5 Å². The van der Waals surface area contributed by atoms with E-state index in [4.69, 9.17) is 5.73 Å². The van der Waals surface area contributed by atoms with Crippen molar-refractivity contribution in [2.24, 2.45) is 5.73 Å². The Morgan fingerprint density at radius 1 is 1.23 bits per heavy atom. The predicted molar refractivity (Wildman–Crippen MR) is 86.4 cm³/mol. The van der Waals surface area contributed by atoms with Gasteiger partial charge >= 0.3 is 6.03 Å². The summed E-state index contributed by atoms with van der Waals surface area (Å²) in [7, 11) is 0. The second-order valence-corrected chi connectivity index (χ2v) is 6.00. The molecule has 0 radical (unpaired) electrons. The SMILES string of the molecule is CC[NH+](Cc1cccs1)[C@@H](C(=O)NC(N)=O)c1ccccc1. The van der Waals surface area contributed by atoms with Gasteiger partial charge < -0.3 is 10.6 Å². The molecule has 1 aromatic carbocycles. The van der Waals surface area contributed by atoms with Crippen LogP contribution in [0.15, 0.2) is 47.8 Å². The molecular formula is C16H20N3O2S+. The summed E-state index contributed by atoms with van der Waals surface area (Å²) in [5.41, 5.74) is 5.98. The van der Waals surface area contributed by atoms with Crippen LogP contribution in [0.3, 0.4) is 0 Å². The molecule has 0 aliphatic rings. The van der Waals surface area contributed by atoms with Crippen LogP contribution in [0.1, 0.15) is 23.4 Å². The van der Waals surface area contributed by atoms with E-state index in [2.05, 4.69) is 5.32 Å². The largest absolute Gasteiger partial charge is 0.351 e. The molecule has 22 heavy (non-hydrogen) atoms. The summed E-state index contributed by atoms with van der Waals surface area (Å²) < 4.78 is 0. The number of amides is 3. The number of benzene rings is 1. The van der Waals surface area contributed by atoms with Crippen LogP contribution < -0.4 is 16.0 Å². The number of quaternary nitrogens is 1. The van der Waals surface area contributed by atoms with Gasteiger partial charge in [0.1, 0.15) is 6.54 Å². The summed E-state index contributed by atoms with van der Waals surface area (Å²) >= 11 is 1.66. The number of imide groups is 1. The van der Waals surface area contributed by atoms with Crippen LogP contribution in [-0.2, 0) is 11.3 Å². The molecule has 3 amide bonds. The van der Waals surface area contributed by atoms with Gasteiger partial charge in [-0.15, -0.1) is 11.3 Å². The summed E-state index contributed by atoms with van der Waals surface area (Å²) in [4.78, 5) is 25.8. The van der Waals surface area contributed by atoms with E-state index in [1.165, 1.54) is 4.88 Å². The lowest BCUT2D eigenvalue weighted by Crippen LogP contribution is -3.12. The third-order valence-corrected chi connectivity index (χ3v) is 4.36. The molecule has 0 saturated carbocycles. The number of primary amides is 1. The van der Waals surface area contributed by atoms with Gasteiger partial charge in [0.2, 0.25) is 0 Å². The molecule has 4 N–H and O–H groups in total. The Kier molecular flexibility index (Phi) is 5.68. The van der Waals surface area contributed by atoms with Crippen molar-refractivity contribution in [2.75, 3.05) is 6.54 Å². The van der Waals surface area contributed by atoms with Crippen LogP contribution in [0.5, 0.6) is 0 Å². The van der Waals surface area contributed by atoms with Gasteiger partial charge in [0.25, 0.3) is 5.91 Å². The van der Waals surface area contributed by atoms with E-state index in [0.717, 1.165) is 23.6 Å². The van der Waals surface area contributed by atoms with Gasteiger partial charge in [-0.25, -0.2) is 4.79 Å². The Bertz CT molecular complexity index is 614. The normalized spacial score (nSPS) is 13.3. The molecule has 0 bridgehead atoms. The van der Waals surface area contributed by atoms with Crippen molar-refractivity contribution in [3.8, 4) is 0 Å². The first kappa shape index (κ1) is 16.2. The minimum atomic E-state index is -0.822. The smallest absolute Gasteiger partial charge is 0.319 e. The number of nitrogens with one attached hydrogen (secondary N) is 2. The van der Waals surface area contributed by atoms with Gasteiger partial charge in [0.15, 0.2) is 6.04 Å². The molecule has 0 aliphatic carbocycles. The molecule has 6 heteroatoms. The standard InChI is InChI=1S/C16H19N3O2S/c1-2-19(11-13-9-6-10-22-13)14(15(20)18-16(17)21)12-7-4-3-5-8-12/h3-10,14H,2,11H2,1H3,(H3,17,18,20,21)/p+1/t14-/m1/s1. The average molecular weight is 318 g/mol. The molecular weight excluding hydrogens is 298 g/mol. The second-order valence-electron chi connectivity index (χ2n) is 4.97. The third kappa shape index (κ3) is 4.16. The number of carbonyl (C=O) groups is 2. The number of carbonyl (C=O) groups excluding carboxylic acids is 2. The van der Waals surface area contributed by atoms with Crippen molar-refractivity contribution in [2.45, 2.75) is 19.5 Å². The molecule has 0 spiro atoms. The van der Waals surface area contributed by atoms with E-state index < -0.39 is 12.1 Å². The number of likely N-dealkylation sites (N-methyl/N-ethyl adjacent to an activating group) is 1. The minimum Gasteiger partial charge on any atom is -0.351 e. The van der Waals surface area contributed by atoms with Crippen LogP contribution in [0.2, 0.25) is 0 Å². The first-order valence-corrected chi connectivity index (χ1v) is 8.02. The van der Waals surface area contributed by atoms with E-state index in [9.17, 15) is 9.59 Å². The van der Waals surface area contributed by atoms with Gasteiger partial charge in [-0.3, -0.25) is 10.1 Å². The van der Waals surface area contributed by atoms with Crippen molar-refractivity contribution in [1.82, 2.24) is 5.32 Å². The summed E-state index contributed by atoms with van der Waals surface area (Å²) in [6.45, 7) is 3.50. The van der Waals surface area contributed by atoms with Crippen molar-refractivity contribution in [3.05, 3.63) is 58.3 Å². The van der Waals surface area contributed by atoms with Crippen molar-refractivity contribution < 1.29 is 14.5 Å². The number of hydrogen-bond acceptors (Lipinski definition) is 3. The maximum absolute atomic E-state index is 12.5. The van der Waals surface area contributed by atoms with E-state index in [0.29, 0.717) is 0 Å². The van der Waals surface area contributed by atoms with Gasteiger partial charge in [-0.2, -0.15) is 0 Å². The highest BCUT2D eigenvalue weighted by Crippen LogP contribution is 2.12. The summed E-state index contributed by atoms with van der Waals surface area (Å²) in [6.07, 6.45) is 0. The van der Waals surface area contributed by atoms with Gasteiger partial charge in [0, 0.05) is 5.56 Å². The Morgan fingerprint density at radius 2 is 1.95 bits per heavy atom. The lowest BCUT2D eigenvalue weighted by Gasteiger charge is -2.26. The zero-order chi connectivity index (χ0) is 15.9. The zero-order valence-corrected chi connectivity index (χ0v) is 13.2. The Balaban J connectivity index is 2.29. The van der Waals surface area contributed by atoms with Crippen molar-refractivity contribution >= 4 is 23.3 Å². The van der Waals surface area contributed by atoms with Gasteiger partial charge in [0.05, 0.1) is 11.4 Å². The molecule has 1 unspecified atom stereocenters. The lowest BCUT2D eigenvalue weighted by molar-refractivity contribution is -0.933. The first-order valence-electron chi connectivity index (χ1n) is 7.14. The fraction of sp³-hybridized carbons (Fsp3) is 0.250. The number of nitrogens with two attached hydrogens (primary N) is 1. The summed E-state index contributed by atoms with van der Waals surface area (Å²) in [6, 6.07) is 12.2. The van der Waals surface area contributed by atoms with E-state index in [-0.39, 0.29) is 5.91 Å². The number of urea groups is 1. The molecule has 0 fully saturated rings.